The normalized spacial score (nSPS) is 15.0. The fraction of sp³-hybridized carbons (Fsp3) is 0.318. The van der Waals surface area contributed by atoms with E-state index in [-0.39, 0.29) is 11.3 Å². The third-order valence-corrected chi connectivity index (χ3v) is 5.36. The van der Waals surface area contributed by atoms with E-state index in [1.165, 1.54) is 5.56 Å². The molecular formula is C22H24N2O2. The summed E-state index contributed by atoms with van der Waals surface area (Å²) in [6.07, 6.45) is 5.73. The molecule has 4 nitrogen and oxygen atoms in total. The second-order valence-corrected chi connectivity index (χ2v) is 7.04. The number of aromatic nitrogens is 1. The summed E-state index contributed by atoms with van der Waals surface area (Å²) in [5, 5.41) is 4.24. The highest BCUT2D eigenvalue weighted by Gasteiger charge is 2.52. The number of aryl methyl sites for hydroxylation is 1. The Morgan fingerprint density at radius 3 is 2.73 bits per heavy atom. The van der Waals surface area contributed by atoms with Crippen LogP contribution in [-0.4, -0.2) is 24.5 Å². The van der Waals surface area contributed by atoms with Gasteiger partial charge in [0.2, 0.25) is 5.91 Å². The second kappa shape index (κ2) is 6.87. The Morgan fingerprint density at radius 2 is 2.00 bits per heavy atom. The average Bonchev–Trinajstić information content (AvgIpc) is 3.38. The fourth-order valence-electron chi connectivity index (χ4n) is 3.67. The molecule has 1 aliphatic carbocycles. The van der Waals surface area contributed by atoms with E-state index in [0.717, 1.165) is 47.9 Å². The molecular weight excluding hydrogens is 324 g/mol. The number of rotatable bonds is 7. The number of benzene rings is 2. The van der Waals surface area contributed by atoms with E-state index in [1.54, 1.807) is 7.11 Å². The molecule has 0 radical (unpaired) electrons. The Balaban J connectivity index is 1.43. The van der Waals surface area contributed by atoms with E-state index in [9.17, 15) is 4.79 Å². The molecule has 3 aromatic rings. The minimum atomic E-state index is -0.378. The number of carbonyl (C=O) groups is 1. The predicted molar refractivity (Wildman–Crippen MR) is 104 cm³/mol. The highest BCUT2D eigenvalue weighted by molar-refractivity contribution is 5.97. The molecule has 1 aromatic heterocycles. The Labute approximate surface area is 153 Å². The van der Waals surface area contributed by atoms with E-state index in [4.69, 9.17) is 4.74 Å². The molecule has 1 heterocycles. The van der Waals surface area contributed by atoms with Gasteiger partial charge >= 0.3 is 0 Å². The zero-order chi connectivity index (χ0) is 18.0. The summed E-state index contributed by atoms with van der Waals surface area (Å²) < 4.78 is 5.35. The first-order valence-corrected chi connectivity index (χ1v) is 9.21. The maximum atomic E-state index is 12.9. The molecule has 1 amide bonds. The largest absolute Gasteiger partial charge is 0.497 e. The van der Waals surface area contributed by atoms with Crippen LogP contribution < -0.4 is 10.1 Å². The van der Waals surface area contributed by atoms with Crippen LogP contribution in [0.4, 0.5) is 0 Å². The van der Waals surface area contributed by atoms with Gasteiger partial charge in [-0.1, -0.05) is 30.3 Å². The van der Waals surface area contributed by atoms with Crippen LogP contribution in [0.5, 0.6) is 5.75 Å². The molecule has 0 bridgehead atoms. The molecule has 4 rings (SSSR count). The molecule has 1 fully saturated rings. The third kappa shape index (κ3) is 3.07. The summed E-state index contributed by atoms with van der Waals surface area (Å²) in [4.78, 5) is 16.2. The summed E-state index contributed by atoms with van der Waals surface area (Å²) in [6.45, 7) is 0.709. The first kappa shape index (κ1) is 16.7. The molecule has 2 N–H and O–H groups in total. The van der Waals surface area contributed by atoms with Crippen molar-refractivity contribution in [2.24, 2.45) is 0 Å². The molecule has 0 saturated heterocycles. The number of amides is 1. The molecule has 0 atom stereocenters. The van der Waals surface area contributed by atoms with Crippen LogP contribution in [0.25, 0.3) is 10.9 Å². The lowest BCUT2D eigenvalue weighted by Crippen LogP contribution is -2.35. The van der Waals surface area contributed by atoms with Crippen LogP contribution in [0.15, 0.2) is 54.7 Å². The van der Waals surface area contributed by atoms with Crippen molar-refractivity contribution < 1.29 is 9.53 Å². The minimum absolute atomic E-state index is 0.147. The van der Waals surface area contributed by atoms with Crippen LogP contribution in [0.2, 0.25) is 0 Å². The van der Waals surface area contributed by atoms with Gasteiger partial charge in [0.15, 0.2) is 0 Å². The molecule has 4 heteroatoms. The lowest BCUT2D eigenvalue weighted by Gasteiger charge is -2.15. The van der Waals surface area contributed by atoms with E-state index in [2.05, 4.69) is 34.6 Å². The van der Waals surface area contributed by atoms with Gasteiger partial charge in [0.05, 0.1) is 12.5 Å². The quantitative estimate of drug-likeness (QED) is 0.635. The van der Waals surface area contributed by atoms with E-state index in [1.807, 2.05) is 30.5 Å². The lowest BCUT2D eigenvalue weighted by molar-refractivity contribution is -0.123. The standard InChI is InChI=1S/C22H24N2O2/c1-26-17-9-10-20-18(14-17)19(15-24-20)22(11-12-22)21(25)23-13-5-8-16-6-3-2-4-7-16/h2-4,6-7,9-10,14-15,24H,5,8,11-13H2,1H3,(H,23,25). The first-order chi connectivity index (χ1) is 12.7. The Kier molecular flexibility index (Phi) is 4.41. The van der Waals surface area contributed by atoms with Crippen molar-refractivity contribution in [3.05, 3.63) is 65.9 Å². The topological polar surface area (TPSA) is 54.1 Å². The number of hydrogen-bond donors (Lipinski definition) is 2. The fourth-order valence-corrected chi connectivity index (χ4v) is 3.67. The number of carbonyl (C=O) groups excluding carboxylic acids is 1. The summed E-state index contributed by atoms with van der Waals surface area (Å²) in [7, 11) is 1.67. The number of aromatic amines is 1. The highest BCUT2D eigenvalue weighted by atomic mass is 16.5. The molecule has 0 unspecified atom stereocenters. The third-order valence-electron chi connectivity index (χ3n) is 5.36. The van der Waals surface area contributed by atoms with Crippen LogP contribution in [0, 0.1) is 0 Å². The van der Waals surface area contributed by atoms with Gasteiger partial charge in [0.1, 0.15) is 5.75 Å². The molecule has 0 spiro atoms. The maximum absolute atomic E-state index is 12.9. The van der Waals surface area contributed by atoms with Gasteiger partial charge in [-0.05, 0) is 55.0 Å². The van der Waals surface area contributed by atoms with Crippen LogP contribution >= 0.6 is 0 Å². The van der Waals surface area contributed by atoms with Crippen LogP contribution in [0.3, 0.4) is 0 Å². The Morgan fingerprint density at radius 1 is 1.19 bits per heavy atom. The minimum Gasteiger partial charge on any atom is -0.497 e. The summed E-state index contributed by atoms with van der Waals surface area (Å²) in [5.74, 6) is 0.965. The highest BCUT2D eigenvalue weighted by Crippen LogP contribution is 2.51. The number of hydrogen-bond acceptors (Lipinski definition) is 2. The summed E-state index contributed by atoms with van der Waals surface area (Å²) >= 11 is 0. The Bertz CT molecular complexity index is 910. The van der Waals surface area contributed by atoms with Crippen LogP contribution in [-0.2, 0) is 16.6 Å². The molecule has 1 saturated carbocycles. The smallest absolute Gasteiger partial charge is 0.230 e. The molecule has 1 aliphatic rings. The number of nitrogens with one attached hydrogen (secondary N) is 2. The van der Waals surface area contributed by atoms with Gasteiger partial charge < -0.3 is 15.0 Å². The molecule has 0 aliphatic heterocycles. The Hall–Kier alpha value is -2.75. The van der Waals surface area contributed by atoms with E-state index in [0.29, 0.717) is 6.54 Å². The lowest BCUT2D eigenvalue weighted by atomic mass is 9.94. The van der Waals surface area contributed by atoms with E-state index < -0.39 is 0 Å². The molecule has 2 aromatic carbocycles. The van der Waals surface area contributed by atoms with Gasteiger partial charge in [-0.2, -0.15) is 0 Å². The van der Waals surface area contributed by atoms with Gasteiger partial charge in [0, 0.05) is 23.6 Å². The maximum Gasteiger partial charge on any atom is 0.230 e. The zero-order valence-corrected chi connectivity index (χ0v) is 15.0. The van der Waals surface area contributed by atoms with Crippen molar-refractivity contribution in [2.75, 3.05) is 13.7 Å². The SMILES string of the molecule is COc1ccc2[nH]cc(C3(C(=O)NCCCc4ccccc4)CC3)c2c1. The van der Waals surface area contributed by atoms with Crippen molar-refractivity contribution in [3.8, 4) is 5.75 Å². The average molecular weight is 348 g/mol. The predicted octanol–water partition coefficient (Wildman–Crippen LogP) is 3.96. The first-order valence-electron chi connectivity index (χ1n) is 9.21. The van der Waals surface area contributed by atoms with Crippen LogP contribution in [0.1, 0.15) is 30.4 Å². The van der Waals surface area contributed by atoms with Crippen molar-refractivity contribution in [2.45, 2.75) is 31.1 Å². The van der Waals surface area contributed by atoms with Crippen molar-refractivity contribution in [1.29, 1.82) is 0 Å². The molecule has 134 valence electrons. The van der Waals surface area contributed by atoms with Gasteiger partial charge in [0.25, 0.3) is 0 Å². The summed E-state index contributed by atoms with van der Waals surface area (Å²) in [6, 6.07) is 16.4. The van der Waals surface area contributed by atoms with E-state index >= 15 is 0 Å². The number of fused-ring (bicyclic) bond motifs is 1. The monoisotopic (exact) mass is 348 g/mol. The zero-order valence-electron chi connectivity index (χ0n) is 15.0. The second-order valence-electron chi connectivity index (χ2n) is 7.04. The number of H-pyrrole nitrogens is 1. The number of methoxy groups -OCH3 is 1. The molecule has 26 heavy (non-hydrogen) atoms. The van der Waals surface area contributed by atoms with Gasteiger partial charge in [-0.25, -0.2) is 0 Å². The van der Waals surface area contributed by atoms with Crippen molar-refractivity contribution in [1.82, 2.24) is 10.3 Å². The van der Waals surface area contributed by atoms with Gasteiger partial charge in [-0.3, -0.25) is 4.79 Å². The van der Waals surface area contributed by atoms with Gasteiger partial charge in [-0.15, -0.1) is 0 Å². The van der Waals surface area contributed by atoms with Crippen molar-refractivity contribution in [3.63, 3.8) is 0 Å². The number of ether oxygens (including phenoxy) is 1. The van der Waals surface area contributed by atoms with Crippen molar-refractivity contribution >= 4 is 16.8 Å². The summed E-state index contributed by atoms with van der Waals surface area (Å²) in [5.41, 5.74) is 3.07.